The minimum absolute atomic E-state index is 0.237. The maximum absolute atomic E-state index is 13.7. The number of aromatic amines is 1. The molecule has 0 radical (unpaired) electrons. The maximum atomic E-state index is 13.7. The molecule has 1 aromatic carbocycles. The summed E-state index contributed by atoms with van der Waals surface area (Å²) in [5.74, 6) is -2.64. The van der Waals surface area contributed by atoms with Crippen LogP contribution in [0.2, 0.25) is 0 Å². The highest BCUT2D eigenvalue weighted by Crippen LogP contribution is 2.23. The van der Waals surface area contributed by atoms with Gasteiger partial charge in [-0.05, 0) is 43.9 Å². The number of nitrogens with one attached hydrogen (secondary N) is 4. The van der Waals surface area contributed by atoms with Gasteiger partial charge in [-0.2, -0.15) is 0 Å². The maximum Gasteiger partial charge on any atom is 0.328 e. The van der Waals surface area contributed by atoms with Crippen molar-refractivity contribution in [2.24, 2.45) is 0 Å². The highest BCUT2D eigenvalue weighted by molar-refractivity contribution is 5.95. The summed E-state index contributed by atoms with van der Waals surface area (Å²) in [6.45, 7) is 0.300. The Hall–Kier alpha value is -3.44. The number of likely N-dealkylation sites (tertiary alicyclic amines) is 1. The predicted molar refractivity (Wildman–Crippen MR) is 126 cm³/mol. The first-order valence-corrected chi connectivity index (χ1v) is 11.9. The summed E-state index contributed by atoms with van der Waals surface area (Å²) in [6, 6.07) is 4.09. The van der Waals surface area contributed by atoms with Crippen LogP contribution in [0, 0.1) is 0 Å². The Labute approximate surface area is 202 Å². The van der Waals surface area contributed by atoms with Crippen molar-refractivity contribution in [3.63, 3.8) is 0 Å². The van der Waals surface area contributed by atoms with Crippen LogP contribution >= 0.6 is 0 Å². The Morgan fingerprint density at radius 2 is 1.83 bits per heavy atom. The number of aliphatic hydroxyl groups excluding tert-OH is 1. The van der Waals surface area contributed by atoms with E-state index < -0.39 is 42.5 Å². The molecule has 2 aromatic rings. The molecule has 0 saturated carbocycles. The normalized spacial score (nSPS) is 21.6. The molecule has 3 heterocycles. The first-order chi connectivity index (χ1) is 16.9. The van der Waals surface area contributed by atoms with Crippen molar-refractivity contribution < 1.29 is 29.4 Å². The van der Waals surface area contributed by atoms with E-state index in [0.29, 0.717) is 25.8 Å². The van der Waals surface area contributed by atoms with Gasteiger partial charge in [-0.3, -0.25) is 14.4 Å². The number of carboxylic acids is 1. The molecule has 11 nitrogen and oxygen atoms in total. The summed E-state index contributed by atoms with van der Waals surface area (Å²) in [5, 5.41) is 27.7. The number of benzene rings is 1. The molecule has 35 heavy (non-hydrogen) atoms. The van der Waals surface area contributed by atoms with Gasteiger partial charge in [-0.1, -0.05) is 18.2 Å². The van der Waals surface area contributed by atoms with Crippen molar-refractivity contribution in [1.82, 2.24) is 25.8 Å². The number of aromatic nitrogens is 1. The Kier molecular flexibility index (Phi) is 7.67. The zero-order valence-corrected chi connectivity index (χ0v) is 19.3. The van der Waals surface area contributed by atoms with Crippen molar-refractivity contribution in [3.8, 4) is 0 Å². The third kappa shape index (κ3) is 5.46. The Bertz CT molecular complexity index is 1100. The molecule has 1 aromatic heterocycles. The van der Waals surface area contributed by atoms with Gasteiger partial charge in [0, 0.05) is 30.1 Å². The molecule has 11 heteroatoms. The third-order valence-electron chi connectivity index (χ3n) is 6.73. The summed E-state index contributed by atoms with van der Waals surface area (Å²) >= 11 is 0. The summed E-state index contributed by atoms with van der Waals surface area (Å²) in [7, 11) is 0. The Morgan fingerprint density at radius 3 is 2.54 bits per heavy atom. The second-order valence-electron chi connectivity index (χ2n) is 9.05. The van der Waals surface area contributed by atoms with Gasteiger partial charge in [-0.25, -0.2) is 4.79 Å². The fraction of sp³-hybridized carbons (Fsp3) is 0.500. The number of hydrogen-bond acceptors (Lipinski definition) is 6. The summed E-state index contributed by atoms with van der Waals surface area (Å²) in [6.07, 6.45) is 4.56. The Morgan fingerprint density at radius 1 is 1.06 bits per heavy atom. The molecule has 4 rings (SSSR count). The number of H-pyrrole nitrogens is 1. The van der Waals surface area contributed by atoms with Crippen molar-refractivity contribution in [3.05, 3.63) is 36.0 Å². The Balaban J connectivity index is 1.55. The van der Waals surface area contributed by atoms with Crippen LogP contribution in [0.25, 0.3) is 10.9 Å². The minimum Gasteiger partial charge on any atom is -0.480 e. The first-order valence-electron chi connectivity index (χ1n) is 11.9. The van der Waals surface area contributed by atoms with Crippen LogP contribution in [0.15, 0.2) is 30.5 Å². The predicted octanol–water partition coefficient (Wildman–Crippen LogP) is -0.500. The number of para-hydroxylation sites is 1. The van der Waals surface area contributed by atoms with E-state index in [4.69, 9.17) is 5.11 Å². The van der Waals surface area contributed by atoms with Crippen LogP contribution in [0.4, 0.5) is 0 Å². The van der Waals surface area contributed by atoms with Gasteiger partial charge in [0.15, 0.2) is 0 Å². The molecule has 0 aliphatic carbocycles. The lowest BCUT2D eigenvalue weighted by atomic mass is 10.0. The monoisotopic (exact) mass is 485 g/mol. The van der Waals surface area contributed by atoms with E-state index in [1.54, 1.807) is 0 Å². The number of amides is 3. The zero-order chi connectivity index (χ0) is 24.9. The standard InChI is InChI=1S/C24H31N5O6/c30-13-19(24(34)35)28-22(32)20-8-4-10-29(20)23(33)18(27-21(31)17-7-3-9-25-17)11-14-12-26-16-6-2-1-5-15(14)16/h1-2,5-6,12,17-20,25-26,30H,3-4,7-11,13H2,(H,27,31)(H,28,32)(H,34,35). The topological polar surface area (TPSA) is 164 Å². The number of carboxylic acid groups (broad SMARTS) is 1. The number of aliphatic carboxylic acids is 1. The number of carbonyl (C=O) groups is 4. The van der Waals surface area contributed by atoms with Crippen LogP contribution in [0.3, 0.4) is 0 Å². The average molecular weight is 486 g/mol. The van der Waals surface area contributed by atoms with Crippen LogP contribution < -0.4 is 16.0 Å². The van der Waals surface area contributed by atoms with E-state index in [1.165, 1.54) is 4.90 Å². The van der Waals surface area contributed by atoms with Gasteiger partial charge in [0.25, 0.3) is 0 Å². The number of carbonyl (C=O) groups excluding carboxylic acids is 3. The fourth-order valence-corrected chi connectivity index (χ4v) is 4.86. The second-order valence-corrected chi connectivity index (χ2v) is 9.05. The molecular formula is C24H31N5O6. The SMILES string of the molecule is O=C(O)C(CO)NC(=O)C1CCCN1C(=O)C(Cc1c[nH]c2ccccc12)NC(=O)C1CCCN1. The first kappa shape index (κ1) is 24.7. The minimum atomic E-state index is -1.45. The number of aliphatic hydroxyl groups is 1. The van der Waals surface area contributed by atoms with Crippen molar-refractivity contribution >= 4 is 34.6 Å². The molecule has 4 unspecified atom stereocenters. The second kappa shape index (κ2) is 10.9. The molecule has 2 aliphatic heterocycles. The van der Waals surface area contributed by atoms with Crippen LogP contribution in [-0.4, -0.2) is 87.7 Å². The number of nitrogens with zero attached hydrogens (tertiary/aromatic N) is 1. The van der Waals surface area contributed by atoms with E-state index in [9.17, 15) is 24.3 Å². The molecule has 2 fully saturated rings. The van der Waals surface area contributed by atoms with Crippen LogP contribution in [-0.2, 0) is 25.6 Å². The van der Waals surface area contributed by atoms with Gasteiger partial charge < -0.3 is 36.0 Å². The quantitative estimate of drug-likeness (QED) is 0.279. The van der Waals surface area contributed by atoms with Crippen molar-refractivity contribution in [2.75, 3.05) is 19.7 Å². The van der Waals surface area contributed by atoms with Crippen molar-refractivity contribution in [1.29, 1.82) is 0 Å². The van der Waals surface area contributed by atoms with Gasteiger partial charge >= 0.3 is 5.97 Å². The van der Waals surface area contributed by atoms with Gasteiger partial charge in [0.2, 0.25) is 17.7 Å². The average Bonchev–Trinajstić information content (AvgIpc) is 3.62. The van der Waals surface area contributed by atoms with E-state index >= 15 is 0 Å². The molecule has 6 N–H and O–H groups in total. The molecular weight excluding hydrogens is 454 g/mol. The van der Waals surface area contributed by atoms with E-state index in [0.717, 1.165) is 29.4 Å². The molecule has 4 atom stereocenters. The van der Waals surface area contributed by atoms with Crippen LogP contribution in [0.1, 0.15) is 31.2 Å². The van der Waals surface area contributed by atoms with Crippen molar-refractivity contribution in [2.45, 2.75) is 56.3 Å². The van der Waals surface area contributed by atoms with E-state index in [-0.39, 0.29) is 18.4 Å². The lowest BCUT2D eigenvalue weighted by molar-refractivity contribution is -0.145. The number of rotatable bonds is 9. The molecule has 0 bridgehead atoms. The summed E-state index contributed by atoms with van der Waals surface area (Å²) < 4.78 is 0. The zero-order valence-electron chi connectivity index (χ0n) is 19.3. The highest BCUT2D eigenvalue weighted by Gasteiger charge is 2.39. The summed E-state index contributed by atoms with van der Waals surface area (Å²) in [4.78, 5) is 55.2. The number of fused-ring (bicyclic) bond motifs is 1. The number of hydrogen-bond donors (Lipinski definition) is 6. The van der Waals surface area contributed by atoms with Gasteiger partial charge in [-0.15, -0.1) is 0 Å². The van der Waals surface area contributed by atoms with E-state index in [1.807, 2.05) is 30.5 Å². The summed E-state index contributed by atoms with van der Waals surface area (Å²) in [5.41, 5.74) is 1.78. The molecule has 3 amide bonds. The highest BCUT2D eigenvalue weighted by atomic mass is 16.4. The lowest BCUT2D eigenvalue weighted by Crippen LogP contribution is -2.57. The molecule has 0 spiro atoms. The molecule has 188 valence electrons. The fourth-order valence-electron chi connectivity index (χ4n) is 4.86. The van der Waals surface area contributed by atoms with Gasteiger partial charge in [0.1, 0.15) is 18.1 Å². The van der Waals surface area contributed by atoms with Crippen LogP contribution in [0.5, 0.6) is 0 Å². The molecule has 2 saturated heterocycles. The van der Waals surface area contributed by atoms with E-state index in [2.05, 4.69) is 20.9 Å². The largest absolute Gasteiger partial charge is 0.480 e. The third-order valence-corrected chi connectivity index (χ3v) is 6.73. The smallest absolute Gasteiger partial charge is 0.328 e. The molecule has 2 aliphatic rings. The van der Waals surface area contributed by atoms with Gasteiger partial charge in [0.05, 0.1) is 12.6 Å². The lowest BCUT2D eigenvalue weighted by Gasteiger charge is -2.30.